The minimum Gasteiger partial charge on any atom is -0.304 e. The molecule has 0 radical (unpaired) electrons. The van der Waals surface area contributed by atoms with E-state index in [0.717, 1.165) is 0 Å². The third kappa shape index (κ3) is 7.21. The SMILES string of the molecule is CN(C)C(CS(=O)(=O)O)CS(=O)(=O)O. The zero-order chi connectivity index (χ0) is 11.6. The Labute approximate surface area is 83.2 Å². The van der Waals surface area contributed by atoms with Crippen LogP contribution in [0.2, 0.25) is 0 Å². The molecule has 0 unspecified atom stereocenters. The summed E-state index contributed by atoms with van der Waals surface area (Å²) in [5.74, 6) is -1.47. The molecule has 0 aliphatic heterocycles. The summed E-state index contributed by atoms with van der Waals surface area (Å²) in [4.78, 5) is 1.29. The maximum Gasteiger partial charge on any atom is 0.266 e. The van der Waals surface area contributed by atoms with E-state index in [9.17, 15) is 16.8 Å². The standard InChI is InChI=1S/C5H13NO6S2/c1-6(2)5(3-13(7,8)9)4-14(10,11)12/h5H,3-4H2,1-2H3,(H,7,8,9)(H,10,11,12). The molecule has 14 heavy (non-hydrogen) atoms. The molecule has 0 amide bonds. The first-order valence-corrected chi connectivity index (χ1v) is 6.80. The molecule has 0 atom stereocenters. The first kappa shape index (κ1) is 13.8. The van der Waals surface area contributed by atoms with Crippen LogP contribution in [-0.2, 0) is 20.2 Å². The molecule has 0 rings (SSSR count). The van der Waals surface area contributed by atoms with Crippen LogP contribution >= 0.6 is 0 Å². The Morgan fingerprint density at radius 3 is 1.43 bits per heavy atom. The van der Waals surface area contributed by atoms with Gasteiger partial charge < -0.3 is 4.90 Å². The first-order chi connectivity index (χ1) is 6.01. The average Bonchev–Trinajstić information content (AvgIpc) is 1.78. The molecule has 7 nitrogen and oxygen atoms in total. The summed E-state index contributed by atoms with van der Waals surface area (Å²) in [5, 5.41) is 0. The van der Waals surface area contributed by atoms with E-state index < -0.39 is 37.8 Å². The largest absolute Gasteiger partial charge is 0.304 e. The fraction of sp³-hybridized carbons (Fsp3) is 1.00. The van der Waals surface area contributed by atoms with Crippen molar-refractivity contribution in [3.63, 3.8) is 0 Å². The van der Waals surface area contributed by atoms with Gasteiger partial charge >= 0.3 is 0 Å². The van der Waals surface area contributed by atoms with Gasteiger partial charge in [-0.2, -0.15) is 16.8 Å². The van der Waals surface area contributed by atoms with Crippen molar-refractivity contribution in [2.75, 3.05) is 25.6 Å². The number of rotatable bonds is 5. The van der Waals surface area contributed by atoms with Gasteiger partial charge in [-0.05, 0) is 14.1 Å². The van der Waals surface area contributed by atoms with Crippen LogP contribution in [0.3, 0.4) is 0 Å². The highest BCUT2D eigenvalue weighted by molar-refractivity contribution is 7.86. The van der Waals surface area contributed by atoms with Crippen LogP contribution in [0.15, 0.2) is 0 Å². The molecule has 0 bridgehead atoms. The van der Waals surface area contributed by atoms with Gasteiger partial charge in [-0.1, -0.05) is 0 Å². The summed E-state index contributed by atoms with van der Waals surface area (Å²) in [7, 11) is -5.62. The predicted octanol–water partition coefficient (Wildman–Crippen LogP) is -1.31. The van der Waals surface area contributed by atoms with Gasteiger partial charge in [-0.25, -0.2) is 0 Å². The minimum atomic E-state index is -4.26. The van der Waals surface area contributed by atoms with Gasteiger partial charge in [-0.15, -0.1) is 0 Å². The first-order valence-electron chi connectivity index (χ1n) is 3.58. The Bertz CT molecular complexity index is 335. The van der Waals surface area contributed by atoms with Gasteiger partial charge in [0.1, 0.15) is 0 Å². The van der Waals surface area contributed by atoms with Gasteiger partial charge in [-0.3, -0.25) is 9.11 Å². The summed E-state index contributed by atoms with van der Waals surface area (Å²) in [6.07, 6.45) is 0. The molecule has 0 heterocycles. The molecule has 2 N–H and O–H groups in total. The Morgan fingerprint density at radius 2 is 1.29 bits per heavy atom. The second kappa shape index (κ2) is 4.53. The maximum absolute atomic E-state index is 10.5. The molecule has 0 aliphatic rings. The van der Waals surface area contributed by atoms with E-state index in [1.54, 1.807) is 0 Å². The minimum absolute atomic E-state index is 0.736. The average molecular weight is 247 g/mol. The van der Waals surface area contributed by atoms with E-state index in [4.69, 9.17) is 9.11 Å². The molecule has 0 saturated heterocycles. The van der Waals surface area contributed by atoms with E-state index in [1.807, 2.05) is 0 Å². The van der Waals surface area contributed by atoms with Gasteiger partial charge in [0.25, 0.3) is 20.2 Å². The smallest absolute Gasteiger partial charge is 0.266 e. The van der Waals surface area contributed by atoms with Crippen molar-refractivity contribution in [2.24, 2.45) is 0 Å². The lowest BCUT2D eigenvalue weighted by molar-refractivity contribution is 0.325. The lowest BCUT2D eigenvalue weighted by atomic mass is 10.4. The van der Waals surface area contributed by atoms with Crippen molar-refractivity contribution >= 4 is 20.2 Å². The fourth-order valence-electron chi connectivity index (χ4n) is 0.832. The number of nitrogens with zero attached hydrogens (tertiary/aromatic N) is 1. The van der Waals surface area contributed by atoms with Crippen molar-refractivity contribution in [3.05, 3.63) is 0 Å². The van der Waals surface area contributed by atoms with E-state index >= 15 is 0 Å². The normalized spacial score (nSPS) is 13.9. The monoisotopic (exact) mass is 247 g/mol. The molecule has 0 aromatic rings. The molecule has 0 aliphatic carbocycles. The highest BCUT2D eigenvalue weighted by Gasteiger charge is 2.24. The Balaban J connectivity index is 4.64. The lowest BCUT2D eigenvalue weighted by Gasteiger charge is -2.21. The molecular weight excluding hydrogens is 234 g/mol. The zero-order valence-corrected chi connectivity index (χ0v) is 9.42. The van der Waals surface area contributed by atoms with Crippen molar-refractivity contribution in [1.82, 2.24) is 4.90 Å². The summed E-state index contributed by atoms with van der Waals surface area (Å²) < 4.78 is 58.9. The Hall–Kier alpha value is -0.220. The van der Waals surface area contributed by atoms with Crippen LogP contribution in [0.5, 0.6) is 0 Å². The summed E-state index contributed by atoms with van der Waals surface area (Å²) >= 11 is 0. The van der Waals surface area contributed by atoms with Crippen LogP contribution in [0.1, 0.15) is 0 Å². The van der Waals surface area contributed by atoms with Crippen molar-refractivity contribution in [3.8, 4) is 0 Å². The Morgan fingerprint density at radius 1 is 1.00 bits per heavy atom. The summed E-state index contributed by atoms with van der Waals surface area (Å²) in [6, 6.07) is -0.972. The van der Waals surface area contributed by atoms with E-state index in [2.05, 4.69) is 0 Å². The maximum atomic E-state index is 10.5. The quantitative estimate of drug-likeness (QED) is 0.580. The van der Waals surface area contributed by atoms with Gasteiger partial charge in [0, 0.05) is 6.04 Å². The highest BCUT2D eigenvalue weighted by Crippen LogP contribution is 2.01. The molecule has 0 spiro atoms. The van der Waals surface area contributed by atoms with E-state index in [1.165, 1.54) is 19.0 Å². The molecular formula is C5H13NO6S2. The molecule has 9 heteroatoms. The zero-order valence-electron chi connectivity index (χ0n) is 7.78. The second-order valence-corrected chi connectivity index (χ2v) is 6.11. The van der Waals surface area contributed by atoms with Crippen LogP contribution in [-0.4, -0.2) is 62.5 Å². The van der Waals surface area contributed by atoms with Crippen LogP contribution in [0.4, 0.5) is 0 Å². The van der Waals surface area contributed by atoms with Crippen molar-refractivity contribution in [2.45, 2.75) is 6.04 Å². The van der Waals surface area contributed by atoms with Crippen LogP contribution in [0.25, 0.3) is 0 Å². The van der Waals surface area contributed by atoms with Gasteiger partial charge in [0.15, 0.2) is 0 Å². The van der Waals surface area contributed by atoms with E-state index in [-0.39, 0.29) is 0 Å². The Kier molecular flexibility index (Phi) is 4.46. The lowest BCUT2D eigenvalue weighted by Crippen LogP contribution is -2.40. The van der Waals surface area contributed by atoms with Gasteiger partial charge in [0.2, 0.25) is 0 Å². The van der Waals surface area contributed by atoms with Crippen LogP contribution in [0, 0.1) is 0 Å². The topological polar surface area (TPSA) is 112 Å². The molecule has 0 aromatic heterocycles. The third-order valence-corrected chi connectivity index (χ3v) is 3.15. The molecule has 0 fully saturated rings. The second-order valence-electron chi connectivity index (χ2n) is 3.11. The summed E-state index contributed by atoms with van der Waals surface area (Å²) in [5.41, 5.74) is 0. The fourth-order valence-corrected chi connectivity index (χ4v) is 2.79. The third-order valence-electron chi connectivity index (χ3n) is 1.54. The highest BCUT2D eigenvalue weighted by atomic mass is 32.2. The molecule has 0 saturated carbocycles. The number of hydrogen-bond donors (Lipinski definition) is 2. The molecule has 0 aromatic carbocycles. The number of hydrogen-bond acceptors (Lipinski definition) is 5. The predicted molar refractivity (Wildman–Crippen MR) is 50.3 cm³/mol. The van der Waals surface area contributed by atoms with Gasteiger partial charge in [0.05, 0.1) is 11.5 Å². The summed E-state index contributed by atoms with van der Waals surface area (Å²) in [6.45, 7) is 0. The van der Waals surface area contributed by atoms with E-state index in [0.29, 0.717) is 0 Å². The van der Waals surface area contributed by atoms with Crippen LogP contribution < -0.4 is 0 Å². The molecule has 86 valence electrons. The van der Waals surface area contributed by atoms with Crippen molar-refractivity contribution < 1.29 is 25.9 Å². The van der Waals surface area contributed by atoms with Crippen molar-refractivity contribution in [1.29, 1.82) is 0 Å².